The predicted molar refractivity (Wildman–Crippen MR) is 68.0 cm³/mol. The largest absolute Gasteiger partial charge is 0.349 e. The molecule has 3 N–H and O–H groups in total. The predicted octanol–water partition coefficient (Wildman–Crippen LogP) is 1.62. The maximum atomic E-state index is 11.7. The highest BCUT2D eigenvalue weighted by Crippen LogP contribution is 2.16. The minimum atomic E-state index is -0.269. The van der Waals surface area contributed by atoms with E-state index in [4.69, 9.17) is 5.73 Å². The molecule has 90 valence electrons. The topological polar surface area (TPSA) is 55.1 Å². The van der Waals surface area contributed by atoms with Gasteiger partial charge >= 0.3 is 0 Å². The smallest absolute Gasteiger partial charge is 0.233 e. The van der Waals surface area contributed by atoms with Crippen molar-refractivity contribution in [1.29, 1.82) is 0 Å². The van der Waals surface area contributed by atoms with Crippen molar-refractivity contribution in [3.8, 4) is 0 Å². The quantitative estimate of drug-likeness (QED) is 0.731. The fourth-order valence-corrected chi connectivity index (χ4v) is 1.87. The van der Waals surface area contributed by atoms with E-state index in [1.54, 1.807) is 11.8 Å². The maximum Gasteiger partial charge on any atom is 0.233 e. The highest BCUT2D eigenvalue weighted by Gasteiger charge is 2.27. The van der Waals surface area contributed by atoms with Crippen molar-refractivity contribution in [3.05, 3.63) is 0 Å². The molecule has 0 saturated carbocycles. The maximum absolute atomic E-state index is 11.7. The Kier molecular flexibility index (Phi) is 6.29. The highest BCUT2D eigenvalue weighted by atomic mass is 32.2. The van der Waals surface area contributed by atoms with E-state index in [-0.39, 0.29) is 16.7 Å². The molecule has 0 bridgehead atoms. The number of thioether (sulfide) groups is 1. The van der Waals surface area contributed by atoms with Crippen LogP contribution in [-0.2, 0) is 4.79 Å². The lowest BCUT2D eigenvalue weighted by atomic mass is 9.90. The summed E-state index contributed by atoms with van der Waals surface area (Å²) >= 11 is 1.55. The van der Waals surface area contributed by atoms with Crippen LogP contribution in [0.2, 0.25) is 0 Å². The van der Waals surface area contributed by atoms with Crippen LogP contribution in [0.25, 0.3) is 0 Å². The second-order valence-electron chi connectivity index (χ2n) is 4.73. The Hall–Kier alpha value is -0.220. The summed E-state index contributed by atoms with van der Waals surface area (Å²) in [5.74, 6) is 0.611. The molecule has 0 aliphatic carbocycles. The lowest BCUT2D eigenvalue weighted by Gasteiger charge is -2.32. The Morgan fingerprint density at radius 3 is 2.33 bits per heavy atom. The van der Waals surface area contributed by atoms with E-state index >= 15 is 0 Å². The number of carbonyl (C=O) groups excluding carboxylic acids is 1. The van der Waals surface area contributed by atoms with Gasteiger partial charge in [0, 0.05) is 12.1 Å². The Balaban J connectivity index is 4.36. The first-order chi connectivity index (χ1) is 6.84. The summed E-state index contributed by atoms with van der Waals surface area (Å²) < 4.78 is 0. The SMILES string of the molecule is CSC(C)C(=O)NC(C)(CN)CC(C)C. The molecule has 1 amide bonds. The average molecular weight is 232 g/mol. The monoisotopic (exact) mass is 232 g/mol. The van der Waals surface area contributed by atoms with Gasteiger partial charge < -0.3 is 11.1 Å². The normalized spacial score (nSPS) is 17.3. The Labute approximate surface area is 97.6 Å². The molecule has 15 heavy (non-hydrogen) atoms. The van der Waals surface area contributed by atoms with Crippen LogP contribution in [0, 0.1) is 5.92 Å². The van der Waals surface area contributed by atoms with Crippen LogP contribution in [0.4, 0.5) is 0 Å². The standard InChI is InChI=1S/C11H24N2OS/c1-8(2)6-11(4,7-12)13-10(14)9(3)15-5/h8-9H,6-7,12H2,1-5H3,(H,13,14). The highest BCUT2D eigenvalue weighted by molar-refractivity contribution is 7.99. The molecule has 0 rings (SSSR count). The molecular weight excluding hydrogens is 208 g/mol. The third-order valence-corrected chi connectivity index (χ3v) is 3.38. The second kappa shape index (κ2) is 6.38. The fraction of sp³-hybridized carbons (Fsp3) is 0.909. The van der Waals surface area contributed by atoms with Gasteiger partial charge in [0.2, 0.25) is 5.91 Å². The van der Waals surface area contributed by atoms with Crippen LogP contribution >= 0.6 is 11.8 Å². The number of carbonyl (C=O) groups is 1. The van der Waals surface area contributed by atoms with Gasteiger partial charge in [0.1, 0.15) is 0 Å². The number of nitrogens with one attached hydrogen (secondary N) is 1. The zero-order chi connectivity index (χ0) is 12.1. The molecule has 0 aromatic carbocycles. The van der Waals surface area contributed by atoms with Crippen molar-refractivity contribution in [2.75, 3.05) is 12.8 Å². The summed E-state index contributed by atoms with van der Waals surface area (Å²) in [5.41, 5.74) is 5.46. The van der Waals surface area contributed by atoms with Gasteiger partial charge in [-0.3, -0.25) is 4.79 Å². The van der Waals surface area contributed by atoms with Crippen molar-refractivity contribution in [2.24, 2.45) is 11.7 Å². The van der Waals surface area contributed by atoms with E-state index in [0.29, 0.717) is 12.5 Å². The molecule has 0 saturated heterocycles. The molecule has 0 aliphatic rings. The second-order valence-corrected chi connectivity index (χ2v) is 5.91. The van der Waals surface area contributed by atoms with Gasteiger partial charge in [-0.1, -0.05) is 13.8 Å². The Bertz CT molecular complexity index is 209. The van der Waals surface area contributed by atoms with Crippen molar-refractivity contribution in [2.45, 2.75) is 44.9 Å². The first-order valence-corrected chi connectivity index (χ1v) is 6.68. The van der Waals surface area contributed by atoms with Crippen molar-refractivity contribution < 1.29 is 4.79 Å². The van der Waals surface area contributed by atoms with Crippen molar-refractivity contribution in [3.63, 3.8) is 0 Å². The van der Waals surface area contributed by atoms with Crippen LogP contribution in [0.3, 0.4) is 0 Å². The van der Waals surface area contributed by atoms with Crippen molar-refractivity contribution in [1.82, 2.24) is 5.32 Å². The fourth-order valence-electron chi connectivity index (χ4n) is 1.59. The van der Waals surface area contributed by atoms with E-state index in [1.807, 2.05) is 20.1 Å². The summed E-state index contributed by atoms with van der Waals surface area (Å²) in [6, 6.07) is 0. The molecule has 0 heterocycles. The number of nitrogens with two attached hydrogens (primary N) is 1. The molecule has 0 radical (unpaired) electrons. The zero-order valence-corrected chi connectivity index (χ0v) is 11.3. The first kappa shape index (κ1) is 14.8. The Morgan fingerprint density at radius 2 is 2.00 bits per heavy atom. The molecule has 0 fully saturated rings. The number of hydrogen-bond acceptors (Lipinski definition) is 3. The van der Waals surface area contributed by atoms with Crippen LogP contribution in [-0.4, -0.2) is 29.5 Å². The first-order valence-electron chi connectivity index (χ1n) is 5.39. The van der Waals surface area contributed by atoms with Gasteiger partial charge in [0.05, 0.1) is 5.25 Å². The van der Waals surface area contributed by atoms with Crippen molar-refractivity contribution >= 4 is 17.7 Å². The van der Waals surface area contributed by atoms with Crippen LogP contribution in [0.5, 0.6) is 0 Å². The molecule has 3 nitrogen and oxygen atoms in total. The molecule has 0 aromatic heterocycles. The molecule has 0 spiro atoms. The zero-order valence-electron chi connectivity index (χ0n) is 10.5. The van der Waals surface area contributed by atoms with Gasteiger partial charge in [0.15, 0.2) is 0 Å². The third-order valence-electron chi connectivity index (χ3n) is 2.46. The summed E-state index contributed by atoms with van der Waals surface area (Å²) in [4.78, 5) is 11.7. The van der Waals surface area contributed by atoms with Gasteiger partial charge in [-0.15, -0.1) is 0 Å². The van der Waals surface area contributed by atoms with E-state index in [2.05, 4.69) is 19.2 Å². The van der Waals surface area contributed by atoms with E-state index in [0.717, 1.165) is 6.42 Å². The number of hydrogen-bond donors (Lipinski definition) is 2. The lowest BCUT2D eigenvalue weighted by molar-refractivity contribution is -0.122. The minimum Gasteiger partial charge on any atom is -0.349 e. The minimum absolute atomic E-state index is 0.0111. The molecular formula is C11H24N2OS. The molecule has 2 atom stereocenters. The molecule has 0 aromatic rings. The van der Waals surface area contributed by atoms with E-state index in [1.165, 1.54) is 0 Å². The van der Waals surface area contributed by atoms with E-state index in [9.17, 15) is 4.79 Å². The molecule has 2 unspecified atom stereocenters. The number of rotatable bonds is 6. The van der Waals surface area contributed by atoms with Crippen LogP contribution in [0.15, 0.2) is 0 Å². The summed E-state index contributed by atoms with van der Waals surface area (Å²) in [5, 5.41) is 3.03. The summed E-state index contributed by atoms with van der Waals surface area (Å²) in [6.07, 6.45) is 2.85. The van der Waals surface area contributed by atoms with Gasteiger partial charge in [-0.05, 0) is 32.4 Å². The van der Waals surface area contributed by atoms with Crippen LogP contribution < -0.4 is 11.1 Å². The van der Waals surface area contributed by atoms with Gasteiger partial charge in [-0.25, -0.2) is 0 Å². The average Bonchev–Trinajstić information content (AvgIpc) is 2.15. The lowest BCUT2D eigenvalue weighted by Crippen LogP contribution is -2.54. The summed E-state index contributed by atoms with van der Waals surface area (Å²) in [7, 11) is 0. The summed E-state index contributed by atoms with van der Waals surface area (Å²) in [6.45, 7) is 8.68. The third kappa shape index (κ3) is 5.42. The Morgan fingerprint density at radius 1 is 1.47 bits per heavy atom. The van der Waals surface area contributed by atoms with E-state index < -0.39 is 0 Å². The van der Waals surface area contributed by atoms with Gasteiger partial charge in [-0.2, -0.15) is 11.8 Å². The van der Waals surface area contributed by atoms with Crippen LogP contribution in [0.1, 0.15) is 34.1 Å². The molecule has 4 heteroatoms. The van der Waals surface area contributed by atoms with Gasteiger partial charge in [0.25, 0.3) is 0 Å². The molecule has 0 aliphatic heterocycles. The number of amides is 1.